The van der Waals surface area contributed by atoms with Crippen molar-refractivity contribution < 1.29 is 14.6 Å². The zero-order chi connectivity index (χ0) is 15.5. The van der Waals surface area contributed by atoms with E-state index in [0.717, 1.165) is 11.2 Å². The van der Waals surface area contributed by atoms with Gasteiger partial charge in [0.1, 0.15) is 17.1 Å². The molecular weight excluding hydrogens is 282 g/mol. The number of nitrogens with zero attached hydrogens (tertiary/aromatic N) is 3. The summed E-state index contributed by atoms with van der Waals surface area (Å²) in [5.74, 6) is 1.00. The van der Waals surface area contributed by atoms with Crippen LogP contribution in [-0.4, -0.2) is 53.9 Å². The summed E-state index contributed by atoms with van der Waals surface area (Å²) in [6.45, 7) is 4.82. The molecule has 2 aromatic rings. The van der Waals surface area contributed by atoms with Crippen molar-refractivity contribution >= 4 is 22.8 Å². The first-order valence-electron chi connectivity index (χ1n) is 7.44. The number of aromatic hydroxyl groups is 1. The normalized spacial score (nSPS) is 15.1. The Hall–Kier alpha value is -2.50. The van der Waals surface area contributed by atoms with Crippen LogP contribution in [0.25, 0.3) is 10.9 Å². The van der Waals surface area contributed by atoms with Crippen molar-refractivity contribution in [1.29, 1.82) is 0 Å². The van der Waals surface area contributed by atoms with Gasteiger partial charge in [0, 0.05) is 31.6 Å². The van der Waals surface area contributed by atoms with Gasteiger partial charge in [0.15, 0.2) is 0 Å². The largest absolute Gasteiger partial charge is 0.506 e. The number of pyridine rings is 1. The lowest BCUT2D eigenvalue weighted by molar-refractivity contribution is 0.105. The van der Waals surface area contributed by atoms with Gasteiger partial charge in [0.2, 0.25) is 0 Å². The van der Waals surface area contributed by atoms with Crippen molar-refractivity contribution in [2.24, 2.45) is 0 Å². The van der Waals surface area contributed by atoms with Crippen LogP contribution >= 0.6 is 0 Å². The predicted octanol–water partition coefficient (Wildman–Crippen LogP) is 2.22. The van der Waals surface area contributed by atoms with E-state index in [1.807, 2.05) is 18.2 Å². The fraction of sp³-hybridized carbons (Fsp3) is 0.375. The number of anilines is 1. The van der Waals surface area contributed by atoms with Gasteiger partial charge in [-0.3, -0.25) is 0 Å². The van der Waals surface area contributed by atoms with Crippen LogP contribution in [0.1, 0.15) is 6.92 Å². The zero-order valence-electron chi connectivity index (χ0n) is 12.5. The molecule has 0 atom stereocenters. The van der Waals surface area contributed by atoms with Crippen LogP contribution in [0.2, 0.25) is 0 Å². The maximum absolute atomic E-state index is 11.7. The van der Waals surface area contributed by atoms with Crippen LogP contribution in [0.3, 0.4) is 0 Å². The van der Waals surface area contributed by atoms with Gasteiger partial charge in [-0.25, -0.2) is 9.78 Å². The lowest BCUT2D eigenvalue weighted by Crippen LogP contribution is -2.49. The Bertz CT molecular complexity index is 681. The van der Waals surface area contributed by atoms with Crippen LogP contribution in [0, 0.1) is 0 Å². The second-order valence-corrected chi connectivity index (χ2v) is 5.19. The molecule has 6 nitrogen and oxygen atoms in total. The van der Waals surface area contributed by atoms with E-state index in [4.69, 9.17) is 4.74 Å². The Morgan fingerprint density at radius 3 is 2.73 bits per heavy atom. The first kappa shape index (κ1) is 14.4. The van der Waals surface area contributed by atoms with Crippen molar-refractivity contribution in [2.75, 3.05) is 37.7 Å². The highest BCUT2D eigenvalue weighted by molar-refractivity contribution is 5.85. The summed E-state index contributed by atoms with van der Waals surface area (Å²) in [7, 11) is 0. The number of phenols is 1. The fourth-order valence-electron chi connectivity index (χ4n) is 2.63. The smallest absolute Gasteiger partial charge is 0.409 e. The average Bonchev–Trinajstić information content (AvgIpc) is 2.55. The molecule has 0 spiro atoms. The van der Waals surface area contributed by atoms with Gasteiger partial charge < -0.3 is 19.6 Å². The molecule has 2 heterocycles. The van der Waals surface area contributed by atoms with E-state index in [-0.39, 0.29) is 11.8 Å². The fourth-order valence-corrected chi connectivity index (χ4v) is 2.63. The molecule has 1 fully saturated rings. The van der Waals surface area contributed by atoms with Crippen molar-refractivity contribution in [3.63, 3.8) is 0 Å². The molecule has 1 saturated heterocycles. The Morgan fingerprint density at radius 2 is 2.00 bits per heavy atom. The molecule has 0 unspecified atom stereocenters. The average molecular weight is 301 g/mol. The number of hydrogen-bond acceptors (Lipinski definition) is 5. The van der Waals surface area contributed by atoms with E-state index in [1.165, 1.54) is 0 Å². The number of ether oxygens (including phenoxy) is 1. The Morgan fingerprint density at radius 1 is 1.23 bits per heavy atom. The van der Waals surface area contributed by atoms with Crippen LogP contribution in [0.15, 0.2) is 30.3 Å². The second-order valence-electron chi connectivity index (χ2n) is 5.19. The number of piperazine rings is 1. The summed E-state index contributed by atoms with van der Waals surface area (Å²) in [6.07, 6.45) is -0.258. The molecule has 1 aliphatic heterocycles. The Labute approximate surface area is 128 Å². The van der Waals surface area contributed by atoms with Crippen LogP contribution in [0.4, 0.5) is 10.6 Å². The molecule has 1 aromatic heterocycles. The summed E-state index contributed by atoms with van der Waals surface area (Å²) in [5, 5.41) is 10.8. The number of fused-ring (bicyclic) bond motifs is 1. The van der Waals surface area contributed by atoms with Gasteiger partial charge >= 0.3 is 6.09 Å². The first-order chi connectivity index (χ1) is 10.7. The lowest BCUT2D eigenvalue weighted by atomic mass is 10.2. The number of amides is 1. The zero-order valence-corrected chi connectivity index (χ0v) is 12.5. The van der Waals surface area contributed by atoms with Crippen molar-refractivity contribution in [1.82, 2.24) is 9.88 Å². The molecule has 0 saturated carbocycles. The Balaban J connectivity index is 1.74. The third kappa shape index (κ3) is 2.77. The van der Waals surface area contributed by atoms with Crippen LogP contribution < -0.4 is 4.90 Å². The predicted molar refractivity (Wildman–Crippen MR) is 84.2 cm³/mol. The molecule has 3 rings (SSSR count). The molecule has 6 heteroatoms. The topological polar surface area (TPSA) is 65.9 Å². The number of phenolic OH excluding ortho intramolecular Hbond substituents is 1. The van der Waals surface area contributed by atoms with E-state index in [1.54, 1.807) is 24.0 Å². The third-order valence-corrected chi connectivity index (χ3v) is 3.81. The van der Waals surface area contributed by atoms with Crippen molar-refractivity contribution in [2.45, 2.75) is 6.92 Å². The van der Waals surface area contributed by atoms with E-state index in [0.29, 0.717) is 38.3 Å². The number of carbonyl (C=O) groups excluding carboxylic acids is 1. The standard InChI is InChI=1S/C16H19N3O3/c1-2-22-16(21)19-10-8-18(9-11-19)14-7-6-12-4-3-5-13(20)15(12)17-14/h3-7,20H,2,8-11H2,1H3. The molecule has 1 aromatic carbocycles. The first-order valence-corrected chi connectivity index (χ1v) is 7.44. The molecule has 1 amide bonds. The number of carbonyl (C=O) groups is 1. The molecule has 116 valence electrons. The minimum Gasteiger partial charge on any atom is -0.506 e. The van der Waals surface area contributed by atoms with Crippen LogP contribution in [0.5, 0.6) is 5.75 Å². The van der Waals surface area contributed by atoms with E-state index < -0.39 is 0 Å². The SMILES string of the molecule is CCOC(=O)N1CCN(c2ccc3cccc(O)c3n2)CC1. The van der Waals surface area contributed by atoms with Gasteiger partial charge in [-0.05, 0) is 25.1 Å². The summed E-state index contributed by atoms with van der Waals surface area (Å²) in [5.41, 5.74) is 0.604. The highest BCUT2D eigenvalue weighted by Crippen LogP contribution is 2.25. The molecule has 0 bridgehead atoms. The van der Waals surface area contributed by atoms with Gasteiger partial charge in [0.05, 0.1) is 6.61 Å². The summed E-state index contributed by atoms with van der Waals surface area (Å²) >= 11 is 0. The molecule has 0 aliphatic carbocycles. The quantitative estimate of drug-likeness (QED) is 0.921. The third-order valence-electron chi connectivity index (χ3n) is 3.81. The highest BCUT2D eigenvalue weighted by Gasteiger charge is 2.22. The molecular formula is C16H19N3O3. The van der Waals surface area contributed by atoms with E-state index in [9.17, 15) is 9.90 Å². The molecule has 1 N–H and O–H groups in total. The summed E-state index contributed by atoms with van der Waals surface area (Å²) < 4.78 is 5.02. The van der Waals surface area contributed by atoms with Crippen LogP contribution in [-0.2, 0) is 4.74 Å². The molecule has 1 aliphatic rings. The number of aromatic nitrogens is 1. The summed E-state index contributed by atoms with van der Waals surface area (Å²) in [4.78, 5) is 20.1. The maximum Gasteiger partial charge on any atom is 0.409 e. The Kier molecular flexibility index (Phi) is 4.00. The second kappa shape index (κ2) is 6.09. The highest BCUT2D eigenvalue weighted by atomic mass is 16.6. The van der Waals surface area contributed by atoms with Gasteiger partial charge in [-0.1, -0.05) is 12.1 Å². The van der Waals surface area contributed by atoms with E-state index >= 15 is 0 Å². The number of hydrogen-bond donors (Lipinski definition) is 1. The van der Waals surface area contributed by atoms with E-state index in [2.05, 4.69) is 9.88 Å². The minimum absolute atomic E-state index is 0.185. The molecule has 22 heavy (non-hydrogen) atoms. The lowest BCUT2D eigenvalue weighted by Gasteiger charge is -2.34. The molecule has 0 radical (unpaired) electrons. The van der Waals surface area contributed by atoms with Gasteiger partial charge in [-0.2, -0.15) is 0 Å². The van der Waals surface area contributed by atoms with Crippen molar-refractivity contribution in [3.05, 3.63) is 30.3 Å². The van der Waals surface area contributed by atoms with Gasteiger partial charge in [0.25, 0.3) is 0 Å². The number of para-hydroxylation sites is 1. The number of benzene rings is 1. The van der Waals surface area contributed by atoms with Crippen molar-refractivity contribution in [3.8, 4) is 5.75 Å². The summed E-state index contributed by atoms with van der Waals surface area (Å²) in [6, 6.07) is 9.26. The monoisotopic (exact) mass is 301 g/mol. The minimum atomic E-state index is -0.258. The maximum atomic E-state index is 11.7. The van der Waals surface area contributed by atoms with Gasteiger partial charge in [-0.15, -0.1) is 0 Å². The number of rotatable bonds is 2.